The zero-order valence-electron chi connectivity index (χ0n) is 8.82. The molecule has 1 fully saturated rings. The molecule has 1 aliphatic rings. The molecule has 0 aliphatic heterocycles. The topological polar surface area (TPSA) is 53.1 Å². The number of ether oxygens (including phenoxy) is 1. The zero-order chi connectivity index (χ0) is 10.8. The Morgan fingerprint density at radius 2 is 2.27 bits per heavy atom. The largest absolute Gasteiger partial charge is 0.381 e. The highest BCUT2D eigenvalue weighted by Gasteiger charge is 2.27. The van der Waals surface area contributed by atoms with E-state index >= 15 is 0 Å². The van der Waals surface area contributed by atoms with Crippen LogP contribution in [0.2, 0.25) is 0 Å². The van der Waals surface area contributed by atoms with Gasteiger partial charge in [0.25, 0.3) is 0 Å². The molecular formula is C10H16BrN3O. The van der Waals surface area contributed by atoms with Gasteiger partial charge in [0.2, 0.25) is 0 Å². The first-order valence-corrected chi connectivity index (χ1v) is 6.04. The molecule has 1 aliphatic carbocycles. The maximum atomic E-state index is 5.71. The fraction of sp³-hybridized carbons (Fsp3) is 0.700. The van der Waals surface area contributed by atoms with Gasteiger partial charge in [-0.2, -0.15) is 5.10 Å². The Morgan fingerprint density at radius 3 is 2.87 bits per heavy atom. The third kappa shape index (κ3) is 2.18. The Labute approximate surface area is 97.9 Å². The summed E-state index contributed by atoms with van der Waals surface area (Å²) in [7, 11) is 1.77. The Kier molecular flexibility index (Phi) is 3.31. The molecule has 1 aromatic rings. The minimum atomic E-state index is 0.268. The van der Waals surface area contributed by atoms with Gasteiger partial charge in [-0.3, -0.25) is 4.68 Å². The van der Waals surface area contributed by atoms with Crippen molar-refractivity contribution in [3.63, 3.8) is 0 Å². The SMILES string of the molecule is COC1CCCCC1n1cc(Br)c(N)n1. The van der Waals surface area contributed by atoms with Gasteiger partial charge in [-0.05, 0) is 28.8 Å². The van der Waals surface area contributed by atoms with Crippen LogP contribution < -0.4 is 5.73 Å². The van der Waals surface area contributed by atoms with Gasteiger partial charge < -0.3 is 10.5 Å². The van der Waals surface area contributed by atoms with Gasteiger partial charge in [0, 0.05) is 13.3 Å². The number of methoxy groups -OCH3 is 1. The summed E-state index contributed by atoms with van der Waals surface area (Å²) in [6.45, 7) is 0. The lowest BCUT2D eigenvalue weighted by atomic mass is 9.92. The number of nitrogens with two attached hydrogens (primary N) is 1. The molecule has 1 saturated carbocycles. The summed E-state index contributed by atoms with van der Waals surface area (Å²) in [5.74, 6) is 0.551. The standard InChI is InChI=1S/C10H16BrN3O/c1-15-9-5-3-2-4-8(9)14-6-7(11)10(12)13-14/h6,8-9H,2-5H2,1H3,(H2,12,13). The second kappa shape index (κ2) is 4.53. The minimum absolute atomic E-state index is 0.268. The van der Waals surface area contributed by atoms with E-state index in [1.54, 1.807) is 7.11 Å². The Balaban J connectivity index is 2.20. The van der Waals surface area contributed by atoms with Crippen molar-refractivity contribution in [3.8, 4) is 0 Å². The lowest BCUT2D eigenvalue weighted by Gasteiger charge is -2.30. The van der Waals surface area contributed by atoms with Gasteiger partial charge in [-0.25, -0.2) is 0 Å². The summed E-state index contributed by atoms with van der Waals surface area (Å²) >= 11 is 3.38. The van der Waals surface area contributed by atoms with Crippen molar-refractivity contribution in [2.45, 2.75) is 37.8 Å². The van der Waals surface area contributed by atoms with Gasteiger partial charge in [-0.1, -0.05) is 12.8 Å². The summed E-state index contributed by atoms with van der Waals surface area (Å²) in [6.07, 6.45) is 6.92. The average molecular weight is 274 g/mol. The summed E-state index contributed by atoms with van der Waals surface area (Å²) in [5.41, 5.74) is 5.71. The molecule has 2 atom stereocenters. The molecular weight excluding hydrogens is 258 g/mol. The predicted octanol–water partition coefficient (Wildman–Crippen LogP) is 2.36. The van der Waals surface area contributed by atoms with Crippen molar-refractivity contribution >= 4 is 21.7 Å². The second-order valence-corrected chi connectivity index (χ2v) is 4.82. The van der Waals surface area contributed by atoms with Gasteiger partial charge in [-0.15, -0.1) is 0 Å². The number of hydrogen-bond donors (Lipinski definition) is 1. The molecule has 2 N–H and O–H groups in total. The van der Waals surface area contributed by atoms with Crippen LogP contribution in [0.5, 0.6) is 0 Å². The van der Waals surface area contributed by atoms with E-state index in [-0.39, 0.29) is 6.10 Å². The third-order valence-electron chi connectivity index (χ3n) is 3.02. The molecule has 1 aromatic heterocycles. The van der Waals surface area contributed by atoms with Crippen molar-refractivity contribution in [2.24, 2.45) is 0 Å². The van der Waals surface area contributed by atoms with Gasteiger partial charge >= 0.3 is 0 Å². The van der Waals surface area contributed by atoms with E-state index in [1.807, 2.05) is 10.9 Å². The molecule has 5 heteroatoms. The molecule has 0 radical (unpaired) electrons. The van der Waals surface area contributed by atoms with Gasteiger partial charge in [0.15, 0.2) is 5.82 Å². The van der Waals surface area contributed by atoms with Crippen LogP contribution in [0.15, 0.2) is 10.7 Å². The molecule has 0 saturated heterocycles. The van der Waals surface area contributed by atoms with Crippen molar-refractivity contribution in [1.82, 2.24) is 9.78 Å². The second-order valence-electron chi connectivity index (χ2n) is 3.97. The smallest absolute Gasteiger partial charge is 0.159 e. The van der Waals surface area contributed by atoms with E-state index in [9.17, 15) is 0 Å². The number of rotatable bonds is 2. The summed E-state index contributed by atoms with van der Waals surface area (Å²) < 4.78 is 8.29. The van der Waals surface area contributed by atoms with Crippen molar-refractivity contribution in [1.29, 1.82) is 0 Å². The summed E-state index contributed by atoms with van der Waals surface area (Å²) in [6, 6.07) is 0.331. The number of anilines is 1. The lowest BCUT2D eigenvalue weighted by Crippen LogP contribution is -2.29. The average Bonchev–Trinajstić information content (AvgIpc) is 2.59. The van der Waals surface area contributed by atoms with Gasteiger partial charge in [0.1, 0.15) is 0 Å². The molecule has 15 heavy (non-hydrogen) atoms. The lowest BCUT2D eigenvalue weighted by molar-refractivity contribution is 0.0246. The van der Waals surface area contributed by atoms with Crippen LogP contribution in [0.3, 0.4) is 0 Å². The first-order valence-electron chi connectivity index (χ1n) is 5.25. The summed E-state index contributed by atoms with van der Waals surface area (Å²) in [4.78, 5) is 0. The van der Waals surface area contributed by atoms with Crippen molar-refractivity contribution in [3.05, 3.63) is 10.7 Å². The fourth-order valence-corrected chi connectivity index (χ4v) is 2.50. The van der Waals surface area contributed by atoms with Crippen molar-refractivity contribution in [2.75, 3.05) is 12.8 Å². The third-order valence-corrected chi connectivity index (χ3v) is 3.63. The first kappa shape index (κ1) is 11.0. The molecule has 4 nitrogen and oxygen atoms in total. The first-order chi connectivity index (χ1) is 7.22. The normalized spacial score (nSPS) is 26.8. The maximum Gasteiger partial charge on any atom is 0.159 e. The molecule has 0 spiro atoms. The van der Waals surface area contributed by atoms with Crippen LogP contribution >= 0.6 is 15.9 Å². The number of nitrogens with zero attached hydrogens (tertiary/aromatic N) is 2. The van der Waals surface area contributed by atoms with Crippen LogP contribution in [0.4, 0.5) is 5.82 Å². The van der Waals surface area contributed by atoms with Crippen LogP contribution in [0.25, 0.3) is 0 Å². The molecule has 2 unspecified atom stereocenters. The van der Waals surface area contributed by atoms with E-state index in [0.29, 0.717) is 11.9 Å². The Bertz CT molecular complexity index is 320. The summed E-state index contributed by atoms with van der Waals surface area (Å²) in [5, 5.41) is 4.30. The van der Waals surface area contributed by atoms with E-state index < -0.39 is 0 Å². The van der Waals surface area contributed by atoms with Crippen LogP contribution in [-0.2, 0) is 4.74 Å². The zero-order valence-corrected chi connectivity index (χ0v) is 10.4. The highest BCUT2D eigenvalue weighted by Crippen LogP contribution is 2.31. The van der Waals surface area contributed by atoms with E-state index in [4.69, 9.17) is 10.5 Å². The van der Waals surface area contributed by atoms with E-state index in [2.05, 4.69) is 21.0 Å². The quantitative estimate of drug-likeness (QED) is 0.900. The molecule has 0 aromatic carbocycles. The fourth-order valence-electron chi connectivity index (χ4n) is 2.21. The minimum Gasteiger partial charge on any atom is -0.381 e. The van der Waals surface area contributed by atoms with Crippen LogP contribution in [0.1, 0.15) is 31.7 Å². The Hall–Kier alpha value is -0.550. The maximum absolute atomic E-state index is 5.71. The highest BCUT2D eigenvalue weighted by atomic mass is 79.9. The van der Waals surface area contributed by atoms with E-state index in [1.165, 1.54) is 12.8 Å². The predicted molar refractivity (Wildman–Crippen MR) is 62.6 cm³/mol. The number of hydrogen-bond acceptors (Lipinski definition) is 3. The highest BCUT2D eigenvalue weighted by molar-refractivity contribution is 9.10. The Morgan fingerprint density at radius 1 is 1.53 bits per heavy atom. The van der Waals surface area contributed by atoms with Crippen LogP contribution in [-0.4, -0.2) is 23.0 Å². The van der Waals surface area contributed by atoms with Crippen molar-refractivity contribution < 1.29 is 4.74 Å². The molecule has 0 amide bonds. The monoisotopic (exact) mass is 273 g/mol. The van der Waals surface area contributed by atoms with Gasteiger partial charge in [0.05, 0.1) is 16.6 Å². The van der Waals surface area contributed by atoms with E-state index in [0.717, 1.165) is 17.3 Å². The molecule has 2 rings (SSSR count). The van der Waals surface area contributed by atoms with Crippen LogP contribution in [0, 0.1) is 0 Å². The molecule has 0 bridgehead atoms. The molecule has 1 heterocycles. The number of aromatic nitrogens is 2. The number of halogens is 1. The molecule has 84 valence electrons. The number of nitrogen functional groups attached to an aromatic ring is 1.